The molecule has 0 saturated carbocycles. The molecule has 1 N–H and O–H groups in total. The van der Waals surface area contributed by atoms with E-state index in [2.05, 4.69) is 9.97 Å². The van der Waals surface area contributed by atoms with Gasteiger partial charge in [-0.3, -0.25) is 14.5 Å². The van der Waals surface area contributed by atoms with E-state index in [1.807, 2.05) is 30.5 Å². The van der Waals surface area contributed by atoms with E-state index in [1.165, 1.54) is 16.2 Å². The van der Waals surface area contributed by atoms with Gasteiger partial charge in [0.05, 0.1) is 23.4 Å². The molecule has 0 aliphatic carbocycles. The maximum atomic E-state index is 12.8. The first kappa shape index (κ1) is 18.8. The molecule has 2 amide bonds. The van der Waals surface area contributed by atoms with Crippen LogP contribution in [0, 0.1) is 6.92 Å². The van der Waals surface area contributed by atoms with Crippen LogP contribution in [0.4, 0.5) is 0 Å². The highest BCUT2D eigenvalue weighted by Crippen LogP contribution is 2.39. The SMILES string of the molecule is Cc1csc(-c2[nH]c(CN3C(=O)c4ccccc4C3=O)nc2-c2ccc3c(c2)OCO3)n1. The molecule has 0 saturated heterocycles. The van der Waals surface area contributed by atoms with Gasteiger partial charge in [0.1, 0.15) is 16.5 Å². The Morgan fingerprint density at radius 1 is 1.03 bits per heavy atom. The quantitative estimate of drug-likeness (QED) is 0.477. The number of rotatable bonds is 4. The first-order valence-corrected chi connectivity index (χ1v) is 10.8. The molecule has 32 heavy (non-hydrogen) atoms. The molecule has 4 aromatic rings. The highest BCUT2D eigenvalue weighted by Gasteiger charge is 2.36. The highest BCUT2D eigenvalue weighted by molar-refractivity contribution is 7.13. The van der Waals surface area contributed by atoms with Crippen molar-refractivity contribution in [2.75, 3.05) is 6.79 Å². The van der Waals surface area contributed by atoms with Crippen LogP contribution in [0.3, 0.4) is 0 Å². The summed E-state index contributed by atoms with van der Waals surface area (Å²) in [6, 6.07) is 12.4. The Labute approximate surface area is 186 Å². The lowest BCUT2D eigenvalue weighted by molar-refractivity contribution is 0.0638. The Bertz CT molecular complexity index is 1370. The average Bonchev–Trinajstić information content (AvgIpc) is 3.58. The number of benzene rings is 2. The summed E-state index contributed by atoms with van der Waals surface area (Å²) in [5.74, 6) is 1.18. The number of amides is 2. The Morgan fingerprint density at radius 3 is 2.50 bits per heavy atom. The maximum Gasteiger partial charge on any atom is 0.261 e. The fourth-order valence-electron chi connectivity index (χ4n) is 3.91. The number of imide groups is 1. The molecular weight excluding hydrogens is 428 g/mol. The van der Waals surface area contributed by atoms with Crippen molar-refractivity contribution in [1.29, 1.82) is 0 Å². The third kappa shape index (κ3) is 2.89. The van der Waals surface area contributed by atoms with Crippen molar-refractivity contribution < 1.29 is 19.1 Å². The van der Waals surface area contributed by atoms with Crippen molar-refractivity contribution in [3.05, 3.63) is 70.5 Å². The van der Waals surface area contributed by atoms with Crippen molar-refractivity contribution in [3.63, 3.8) is 0 Å². The number of carbonyl (C=O) groups is 2. The first-order valence-electron chi connectivity index (χ1n) is 9.95. The Morgan fingerprint density at radius 2 is 1.78 bits per heavy atom. The predicted molar refractivity (Wildman–Crippen MR) is 117 cm³/mol. The molecule has 0 fully saturated rings. The summed E-state index contributed by atoms with van der Waals surface area (Å²) in [7, 11) is 0. The Kier molecular flexibility index (Phi) is 4.12. The molecule has 8 nitrogen and oxygen atoms in total. The molecule has 4 heterocycles. The number of hydrogen-bond acceptors (Lipinski definition) is 7. The van der Waals surface area contributed by atoms with Crippen molar-refractivity contribution in [1.82, 2.24) is 19.9 Å². The number of aromatic nitrogens is 3. The van der Waals surface area contributed by atoms with Crippen LogP contribution in [0.15, 0.2) is 47.8 Å². The summed E-state index contributed by atoms with van der Waals surface area (Å²) in [6.07, 6.45) is 0. The van der Waals surface area contributed by atoms with Crippen LogP contribution >= 0.6 is 11.3 Å². The van der Waals surface area contributed by atoms with E-state index in [-0.39, 0.29) is 25.2 Å². The second kappa shape index (κ2) is 7.03. The molecule has 6 rings (SSSR count). The second-order valence-corrected chi connectivity index (χ2v) is 8.37. The minimum atomic E-state index is -0.321. The van der Waals surface area contributed by atoms with Crippen LogP contribution in [0.5, 0.6) is 11.5 Å². The second-order valence-electron chi connectivity index (χ2n) is 7.51. The molecule has 9 heteroatoms. The first-order chi connectivity index (χ1) is 15.6. The number of aromatic amines is 1. The molecule has 0 spiro atoms. The average molecular weight is 444 g/mol. The monoisotopic (exact) mass is 444 g/mol. The van der Waals surface area contributed by atoms with Crippen LogP contribution < -0.4 is 9.47 Å². The summed E-state index contributed by atoms with van der Waals surface area (Å²) in [5.41, 5.74) is 3.95. The smallest absolute Gasteiger partial charge is 0.261 e. The van der Waals surface area contributed by atoms with E-state index in [0.717, 1.165) is 22.0 Å². The van der Waals surface area contributed by atoms with Gasteiger partial charge in [0.25, 0.3) is 11.8 Å². The van der Waals surface area contributed by atoms with Gasteiger partial charge in [0, 0.05) is 16.6 Å². The van der Waals surface area contributed by atoms with Crippen molar-refractivity contribution >= 4 is 23.2 Å². The van der Waals surface area contributed by atoms with Crippen LogP contribution in [0.2, 0.25) is 0 Å². The van der Waals surface area contributed by atoms with E-state index in [0.29, 0.717) is 34.1 Å². The zero-order valence-electron chi connectivity index (χ0n) is 16.9. The van der Waals surface area contributed by atoms with Crippen molar-refractivity contribution in [2.24, 2.45) is 0 Å². The Hall–Kier alpha value is -3.98. The topological polar surface area (TPSA) is 97.4 Å². The van der Waals surface area contributed by atoms with E-state index in [4.69, 9.17) is 14.5 Å². The zero-order chi connectivity index (χ0) is 21.8. The standard InChI is InChI=1S/C23H16N4O4S/c1-12-10-32-21(24-12)20-19(13-6-7-16-17(8-13)31-11-30-16)25-18(26-20)9-27-22(28)14-4-2-3-5-15(14)23(27)29/h2-8,10H,9,11H2,1H3,(H,25,26). The third-order valence-corrected chi connectivity index (χ3v) is 6.40. The fraction of sp³-hybridized carbons (Fsp3) is 0.130. The van der Waals surface area contributed by atoms with E-state index in [9.17, 15) is 9.59 Å². The van der Waals surface area contributed by atoms with Crippen molar-refractivity contribution in [2.45, 2.75) is 13.5 Å². The number of thiazole rings is 1. The number of nitrogens with one attached hydrogen (secondary N) is 1. The zero-order valence-corrected chi connectivity index (χ0v) is 17.7. The van der Waals surface area contributed by atoms with Gasteiger partial charge < -0.3 is 14.5 Å². The number of aryl methyl sites for hydroxylation is 1. The molecule has 2 aliphatic heterocycles. The lowest BCUT2D eigenvalue weighted by Gasteiger charge is -2.11. The number of hydrogen-bond donors (Lipinski definition) is 1. The van der Waals surface area contributed by atoms with Crippen LogP contribution in [0.1, 0.15) is 32.2 Å². The van der Waals surface area contributed by atoms with E-state index < -0.39 is 0 Å². The van der Waals surface area contributed by atoms with Gasteiger partial charge in [-0.15, -0.1) is 11.3 Å². The van der Waals surface area contributed by atoms with Crippen LogP contribution in [0.25, 0.3) is 22.0 Å². The molecule has 2 aromatic heterocycles. The summed E-state index contributed by atoms with van der Waals surface area (Å²) in [6.45, 7) is 2.15. The number of carbonyl (C=O) groups excluding carboxylic acids is 2. The van der Waals surface area contributed by atoms with Crippen LogP contribution in [-0.4, -0.2) is 38.5 Å². The summed E-state index contributed by atoms with van der Waals surface area (Å²) in [5, 5.41) is 2.74. The van der Waals surface area contributed by atoms with Gasteiger partial charge in [-0.1, -0.05) is 12.1 Å². The highest BCUT2D eigenvalue weighted by atomic mass is 32.1. The summed E-state index contributed by atoms with van der Waals surface area (Å²) >= 11 is 1.50. The van der Waals surface area contributed by atoms with Gasteiger partial charge in [-0.25, -0.2) is 9.97 Å². The molecule has 158 valence electrons. The van der Waals surface area contributed by atoms with E-state index in [1.54, 1.807) is 24.3 Å². The van der Waals surface area contributed by atoms with Gasteiger partial charge >= 0.3 is 0 Å². The lowest BCUT2D eigenvalue weighted by atomic mass is 10.1. The largest absolute Gasteiger partial charge is 0.454 e. The van der Waals surface area contributed by atoms with Gasteiger partial charge in [-0.2, -0.15) is 0 Å². The van der Waals surface area contributed by atoms with Gasteiger partial charge in [-0.05, 0) is 37.3 Å². The van der Waals surface area contributed by atoms with E-state index >= 15 is 0 Å². The Balaban J connectivity index is 1.41. The molecule has 2 aromatic carbocycles. The third-order valence-electron chi connectivity index (χ3n) is 5.42. The lowest BCUT2D eigenvalue weighted by Crippen LogP contribution is -2.29. The molecule has 0 atom stereocenters. The van der Waals surface area contributed by atoms with Gasteiger partial charge in [0.2, 0.25) is 6.79 Å². The molecule has 0 radical (unpaired) electrons. The number of ether oxygens (including phenoxy) is 2. The minimum Gasteiger partial charge on any atom is -0.454 e. The number of imidazole rings is 1. The number of nitrogens with zero attached hydrogens (tertiary/aromatic N) is 3. The summed E-state index contributed by atoms with van der Waals surface area (Å²) in [4.78, 5) is 39.4. The van der Waals surface area contributed by atoms with Crippen molar-refractivity contribution in [3.8, 4) is 33.5 Å². The van der Waals surface area contributed by atoms with Crippen LogP contribution in [-0.2, 0) is 6.54 Å². The normalized spacial score (nSPS) is 14.3. The van der Waals surface area contributed by atoms with Gasteiger partial charge in [0.15, 0.2) is 11.5 Å². The molecular formula is C23H16N4O4S. The number of H-pyrrole nitrogens is 1. The summed E-state index contributed by atoms with van der Waals surface area (Å²) < 4.78 is 10.9. The minimum absolute atomic E-state index is 0.0360. The molecule has 0 unspecified atom stereocenters. The molecule has 0 bridgehead atoms. The fourth-order valence-corrected chi connectivity index (χ4v) is 4.70. The molecule has 2 aliphatic rings. The number of fused-ring (bicyclic) bond motifs is 2. The maximum absolute atomic E-state index is 12.8. The predicted octanol–water partition coefficient (Wildman–Crippen LogP) is 4.03.